The van der Waals surface area contributed by atoms with Crippen molar-refractivity contribution in [1.82, 2.24) is 9.97 Å². The zero-order valence-electron chi connectivity index (χ0n) is 20.4. The Kier molecular flexibility index (Phi) is 6.98. The second kappa shape index (κ2) is 9.52. The number of hydrogen-bond acceptors (Lipinski definition) is 3. The minimum Gasteiger partial charge on any atom is -0.337 e. The van der Waals surface area contributed by atoms with E-state index in [4.69, 9.17) is 0 Å². The second-order valence-electron chi connectivity index (χ2n) is 9.83. The second-order valence-corrected chi connectivity index (χ2v) is 9.83. The molecule has 0 aliphatic carbocycles. The summed E-state index contributed by atoms with van der Waals surface area (Å²) < 4.78 is 0. The van der Waals surface area contributed by atoms with Crippen molar-refractivity contribution in [3.05, 3.63) is 96.0 Å². The third kappa shape index (κ3) is 5.73. The fourth-order valence-electron chi connectivity index (χ4n) is 4.23. The van der Waals surface area contributed by atoms with Gasteiger partial charge in [-0.2, -0.15) is 0 Å². The average molecular weight is 426 g/mol. The van der Waals surface area contributed by atoms with Gasteiger partial charge in [-0.05, 0) is 61.9 Å². The van der Waals surface area contributed by atoms with Crippen molar-refractivity contribution in [1.29, 1.82) is 0 Å². The smallest absolute Gasteiger partial charge is 0.125 e. The van der Waals surface area contributed by atoms with E-state index in [9.17, 15) is 0 Å². The van der Waals surface area contributed by atoms with Crippen LogP contribution in [-0.4, -0.2) is 16.5 Å². The predicted octanol–water partition coefficient (Wildman–Crippen LogP) is 7.54. The first-order valence-corrected chi connectivity index (χ1v) is 11.1. The molecule has 3 rings (SSSR count). The number of rotatable bonds is 7. The van der Waals surface area contributed by atoms with Crippen LogP contribution in [0.5, 0.6) is 0 Å². The summed E-state index contributed by atoms with van der Waals surface area (Å²) >= 11 is 0. The molecule has 0 radical (unpaired) electrons. The molecule has 0 amide bonds. The predicted molar refractivity (Wildman–Crippen MR) is 138 cm³/mol. The molecule has 0 spiro atoms. The maximum absolute atomic E-state index is 4.61. The molecule has 0 saturated carbocycles. The molecule has 32 heavy (non-hydrogen) atoms. The average Bonchev–Trinajstić information content (AvgIpc) is 2.70. The third-order valence-corrected chi connectivity index (χ3v) is 5.49. The molecule has 0 N–H and O–H groups in total. The Morgan fingerprint density at radius 3 is 2.22 bits per heavy atom. The molecule has 166 valence electrons. The SMILES string of the molecule is C=C(CN(C(=C)c1c(C)cccc1C)c1cccc(-c2ccnc(C)n2)c1)CC(C)(C)C. The summed E-state index contributed by atoms with van der Waals surface area (Å²) in [5.74, 6) is 0.767. The first kappa shape index (κ1) is 23.5. The first-order chi connectivity index (χ1) is 15.0. The summed E-state index contributed by atoms with van der Waals surface area (Å²) in [4.78, 5) is 11.1. The summed E-state index contributed by atoms with van der Waals surface area (Å²) in [6, 6.07) is 16.9. The molecule has 1 aromatic heterocycles. The highest BCUT2D eigenvalue weighted by molar-refractivity contribution is 5.82. The van der Waals surface area contributed by atoms with E-state index in [0.29, 0.717) is 0 Å². The van der Waals surface area contributed by atoms with E-state index in [-0.39, 0.29) is 5.41 Å². The van der Waals surface area contributed by atoms with Crippen LogP contribution in [0.4, 0.5) is 5.69 Å². The molecule has 0 aliphatic rings. The van der Waals surface area contributed by atoms with E-state index < -0.39 is 0 Å². The molecule has 0 atom stereocenters. The van der Waals surface area contributed by atoms with Gasteiger partial charge in [-0.3, -0.25) is 0 Å². The van der Waals surface area contributed by atoms with Gasteiger partial charge in [-0.15, -0.1) is 0 Å². The van der Waals surface area contributed by atoms with Crippen LogP contribution in [0, 0.1) is 26.2 Å². The highest BCUT2D eigenvalue weighted by Gasteiger charge is 2.20. The van der Waals surface area contributed by atoms with Crippen molar-refractivity contribution in [2.45, 2.75) is 48.0 Å². The van der Waals surface area contributed by atoms with Gasteiger partial charge in [0.25, 0.3) is 0 Å². The van der Waals surface area contributed by atoms with Crippen LogP contribution in [-0.2, 0) is 0 Å². The van der Waals surface area contributed by atoms with E-state index in [2.05, 4.69) is 105 Å². The fourth-order valence-corrected chi connectivity index (χ4v) is 4.23. The lowest BCUT2D eigenvalue weighted by atomic mass is 9.88. The lowest BCUT2D eigenvalue weighted by molar-refractivity contribution is 0.408. The summed E-state index contributed by atoms with van der Waals surface area (Å²) in [6.45, 7) is 22.6. The molecular weight excluding hydrogens is 390 g/mol. The van der Waals surface area contributed by atoms with Gasteiger partial charge in [0, 0.05) is 35.3 Å². The van der Waals surface area contributed by atoms with E-state index in [1.165, 1.54) is 22.3 Å². The van der Waals surface area contributed by atoms with Crippen LogP contribution in [0.25, 0.3) is 17.0 Å². The van der Waals surface area contributed by atoms with Gasteiger partial charge in [0.05, 0.1) is 5.69 Å². The molecule has 3 heteroatoms. The van der Waals surface area contributed by atoms with Crippen LogP contribution in [0.15, 0.2) is 73.5 Å². The van der Waals surface area contributed by atoms with Crippen LogP contribution >= 0.6 is 0 Å². The Bertz CT molecular complexity index is 1110. The number of nitrogens with zero attached hydrogens (tertiary/aromatic N) is 3. The molecule has 0 bridgehead atoms. The standard InChI is InChI=1S/C29H35N3/c1-20(18-29(6,7)8)19-32(23(4)28-21(2)11-9-12-22(28)3)26-14-10-13-25(17-26)27-15-16-30-24(5)31-27/h9-17H,1,4,18-19H2,2-3,5-8H3. The van der Waals surface area contributed by atoms with Crippen molar-refractivity contribution in [2.24, 2.45) is 5.41 Å². The summed E-state index contributed by atoms with van der Waals surface area (Å²) in [6.07, 6.45) is 2.76. The van der Waals surface area contributed by atoms with E-state index in [0.717, 1.165) is 41.4 Å². The van der Waals surface area contributed by atoms with Gasteiger partial charge in [0.15, 0.2) is 0 Å². The van der Waals surface area contributed by atoms with Gasteiger partial charge in [0.2, 0.25) is 0 Å². The van der Waals surface area contributed by atoms with Gasteiger partial charge >= 0.3 is 0 Å². The highest BCUT2D eigenvalue weighted by atomic mass is 15.1. The van der Waals surface area contributed by atoms with Crippen molar-refractivity contribution in [2.75, 3.05) is 11.4 Å². The molecule has 2 aromatic carbocycles. The maximum atomic E-state index is 4.61. The van der Waals surface area contributed by atoms with Gasteiger partial charge < -0.3 is 4.90 Å². The molecule has 0 fully saturated rings. The quantitative estimate of drug-likeness (QED) is 0.366. The molecule has 3 nitrogen and oxygen atoms in total. The summed E-state index contributed by atoms with van der Waals surface area (Å²) in [5.41, 5.74) is 9.08. The minimum absolute atomic E-state index is 0.184. The van der Waals surface area contributed by atoms with Crippen molar-refractivity contribution in [3.63, 3.8) is 0 Å². The van der Waals surface area contributed by atoms with Crippen LogP contribution in [0.2, 0.25) is 0 Å². The zero-order valence-corrected chi connectivity index (χ0v) is 20.4. The van der Waals surface area contributed by atoms with E-state index >= 15 is 0 Å². The molecule has 0 aliphatic heterocycles. The highest BCUT2D eigenvalue weighted by Crippen LogP contribution is 2.33. The number of anilines is 1. The Balaban J connectivity index is 2.05. The van der Waals surface area contributed by atoms with Crippen molar-refractivity contribution >= 4 is 11.4 Å². The monoisotopic (exact) mass is 425 g/mol. The Morgan fingerprint density at radius 1 is 0.938 bits per heavy atom. The van der Waals surface area contributed by atoms with Crippen molar-refractivity contribution in [3.8, 4) is 11.3 Å². The van der Waals surface area contributed by atoms with Gasteiger partial charge in [0.1, 0.15) is 5.82 Å². The minimum atomic E-state index is 0.184. The van der Waals surface area contributed by atoms with Gasteiger partial charge in [-0.1, -0.05) is 69.8 Å². The topological polar surface area (TPSA) is 29.0 Å². The van der Waals surface area contributed by atoms with E-state index in [1.54, 1.807) is 0 Å². The van der Waals surface area contributed by atoms with E-state index in [1.807, 2.05) is 19.2 Å². The number of hydrogen-bond donors (Lipinski definition) is 0. The summed E-state index contributed by atoms with van der Waals surface area (Å²) in [7, 11) is 0. The molecule has 0 unspecified atom stereocenters. The normalized spacial score (nSPS) is 11.3. The Hall–Kier alpha value is -3.20. The van der Waals surface area contributed by atoms with Crippen molar-refractivity contribution < 1.29 is 0 Å². The zero-order chi connectivity index (χ0) is 23.5. The lowest BCUT2D eigenvalue weighted by Gasteiger charge is -2.31. The number of aromatic nitrogens is 2. The molecule has 3 aromatic rings. The Morgan fingerprint density at radius 2 is 1.59 bits per heavy atom. The lowest BCUT2D eigenvalue weighted by Crippen LogP contribution is -2.25. The van der Waals surface area contributed by atoms with Gasteiger partial charge in [-0.25, -0.2) is 9.97 Å². The fraction of sp³-hybridized carbons (Fsp3) is 0.310. The van der Waals surface area contributed by atoms with Crippen LogP contribution < -0.4 is 4.90 Å². The number of benzene rings is 2. The molecule has 1 heterocycles. The molecule has 0 saturated heterocycles. The maximum Gasteiger partial charge on any atom is 0.125 e. The third-order valence-electron chi connectivity index (χ3n) is 5.49. The molecular formula is C29H35N3. The van der Waals surface area contributed by atoms with Crippen LogP contribution in [0.1, 0.15) is 49.7 Å². The number of aryl methyl sites for hydroxylation is 3. The summed E-state index contributed by atoms with van der Waals surface area (Å²) in [5, 5.41) is 0. The Labute approximate surface area is 193 Å². The van der Waals surface area contributed by atoms with Crippen LogP contribution in [0.3, 0.4) is 0 Å². The first-order valence-electron chi connectivity index (χ1n) is 11.1. The largest absolute Gasteiger partial charge is 0.337 e.